The van der Waals surface area contributed by atoms with Gasteiger partial charge in [0.1, 0.15) is 24.4 Å². The number of rotatable bonds is 19. The Kier molecular flexibility index (Phi) is 14.2. The van der Waals surface area contributed by atoms with Crippen LogP contribution in [0.3, 0.4) is 0 Å². The summed E-state index contributed by atoms with van der Waals surface area (Å²) in [4.78, 5) is 3.76. The van der Waals surface area contributed by atoms with E-state index in [9.17, 15) is 40.9 Å². The molecule has 0 radical (unpaired) electrons. The lowest BCUT2D eigenvalue weighted by Crippen LogP contribution is -2.62. The third-order valence-corrected chi connectivity index (χ3v) is 12.5. The normalized spacial score (nSPS) is 41.5. The molecule has 0 spiro atoms. The molecule has 2 aliphatic heterocycles. The molecule has 6 aliphatic rings. The quantitative estimate of drug-likeness (QED) is 0.0840. The van der Waals surface area contributed by atoms with Crippen molar-refractivity contribution in [2.24, 2.45) is 29.1 Å². The summed E-state index contributed by atoms with van der Waals surface area (Å²) >= 11 is 0. The van der Waals surface area contributed by atoms with Crippen LogP contribution in [0, 0.1) is 29.1 Å². The molecule has 0 aromatic carbocycles. The smallest absolute Gasteiger partial charge is 0.109 e. The highest BCUT2D eigenvalue weighted by Gasteiger charge is 2.54. The molecule has 274 valence electrons. The minimum absolute atomic E-state index is 0.245. The second kappa shape index (κ2) is 17.6. The van der Waals surface area contributed by atoms with Crippen molar-refractivity contribution < 1.29 is 50.3 Å². The summed E-state index contributed by atoms with van der Waals surface area (Å²) in [5, 5.41) is 79.8. The maximum absolute atomic E-state index is 10.2. The van der Waals surface area contributed by atoms with Gasteiger partial charge in [-0.15, -0.1) is 0 Å². The summed E-state index contributed by atoms with van der Waals surface area (Å²) in [5.41, 5.74) is 0.328. The van der Waals surface area contributed by atoms with Gasteiger partial charge in [0.05, 0.1) is 50.7 Å². The number of aliphatic hydroxyl groups is 8. The van der Waals surface area contributed by atoms with Crippen molar-refractivity contribution in [1.29, 1.82) is 0 Å². The molecule has 0 unspecified atom stereocenters. The highest BCUT2D eigenvalue weighted by Crippen LogP contribution is 2.62. The number of nitrogens with zero attached hydrogens (tertiary/aromatic N) is 2. The first-order valence-electron chi connectivity index (χ1n) is 18.6. The number of β-amino-alcohol motifs (C(OH)–C–C–N with tert-alkyl or cyclic N) is 2. The topological polar surface area (TPSA) is 187 Å². The van der Waals surface area contributed by atoms with E-state index in [4.69, 9.17) is 9.47 Å². The first-order chi connectivity index (χ1) is 22.7. The number of aliphatic hydroxyl groups excluding tert-OH is 8. The van der Waals surface area contributed by atoms with Crippen molar-refractivity contribution in [2.45, 2.75) is 126 Å². The van der Waals surface area contributed by atoms with Gasteiger partial charge in [0.25, 0.3) is 0 Å². The zero-order valence-electron chi connectivity index (χ0n) is 28.3. The number of hydrogen-bond donors (Lipinski definition) is 8. The second-order valence-electron chi connectivity index (χ2n) is 15.8. The lowest BCUT2D eigenvalue weighted by atomic mass is 9.46. The number of likely N-dealkylation sites (tertiary alicyclic amines) is 2. The molecule has 12 heteroatoms. The Bertz CT molecular complexity index is 846. The fourth-order valence-corrected chi connectivity index (χ4v) is 10.2. The van der Waals surface area contributed by atoms with E-state index in [0.717, 1.165) is 69.5 Å². The van der Waals surface area contributed by atoms with Crippen molar-refractivity contribution in [2.75, 3.05) is 65.8 Å². The largest absolute Gasteiger partial charge is 0.395 e. The maximum Gasteiger partial charge on any atom is 0.109 e. The molecule has 12 nitrogen and oxygen atoms in total. The third kappa shape index (κ3) is 9.25. The van der Waals surface area contributed by atoms with E-state index >= 15 is 0 Å². The molecule has 0 amide bonds. The van der Waals surface area contributed by atoms with Gasteiger partial charge in [-0.25, -0.2) is 0 Å². The summed E-state index contributed by atoms with van der Waals surface area (Å²) in [7, 11) is 0. The highest BCUT2D eigenvalue weighted by molar-refractivity contribution is 5.04. The number of ether oxygens (including phenoxy) is 2. The average Bonchev–Trinajstić information content (AvgIpc) is 3.03. The predicted molar refractivity (Wildman–Crippen MR) is 174 cm³/mol. The summed E-state index contributed by atoms with van der Waals surface area (Å²) in [5.74, 6) is 2.96. The zero-order chi connectivity index (χ0) is 33.6. The molecule has 4 aliphatic carbocycles. The fraction of sp³-hybridized carbons (Fsp3) is 1.00. The van der Waals surface area contributed by atoms with Crippen LogP contribution in [0.4, 0.5) is 0 Å². The molecule has 6 fully saturated rings. The molecular formula is C35H64N2O10. The Labute approximate surface area is 280 Å². The first kappa shape index (κ1) is 37.8. The molecule has 0 aromatic heterocycles. The molecule has 47 heavy (non-hydrogen) atoms. The number of piperidine rings is 2. The minimum Gasteiger partial charge on any atom is -0.395 e. The summed E-state index contributed by atoms with van der Waals surface area (Å²) in [6.07, 6.45) is 6.75. The molecule has 2 saturated heterocycles. The van der Waals surface area contributed by atoms with E-state index < -0.39 is 48.7 Å². The standard InChI is InChI=1S/C35H64N2O10/c38-19-27-31(42)33(44)29(40)17-36(27)7-3-1-5-9-46-21-26(35-14-23-11-24(15-35)13-25(12-23)16-35)22-47-10-6-2-4-8-37-18-30(41)34(45)32(43)28(37)20-39/h23-34,38-45H,1-22H2/t23?,24?,25?,27-,28-,29-,30-,31+,32+,33+,34+,35?/m0/s1. The van der Waals surface area contributed by atoms with Gasteiger partial charge in [-0.3, -0.25) is 9.80 Å². The van der Waals surface area contributed by atoms with Crippen molar-refractivity contribution in [3.05, 3.63) is 0 Å². The van der Waals surface area contributed by atoms with E-state index in [1.807, 2.05) is 9.80 Å². The van der Waals surface area contributed by atoms with Crippen LogP contribution in [0.2, 0.25) is 0 Å². The van der Waals surface area contributed by atoms with E-state index in [-0.39, 0.29) is 26.3 Å². The number of unbranched alkanes of at least 4 members (excludes halogenated alkanes) is 4. The van der Waals surface area contributed by atoms with Gasteiger partial charge in [-0.05, 0) is 113 Å². The van der Waals surface area contributed by atoms with Crippen molar-refractivity contribution in [3.8, 4) is 0 Å². The van der Waals surface area contributed by atoms with Crippen LogP contribution in [0.25, 0.3) is 0 Å². The van der Waals surface area contributed by atoms with Gasteiger partial charge in [0, 0.05) is 32.2 Å². The van der Waals surface area contributed by atoms with Crippen molar-refractivity contribution in [1.82, 2.24) is 9.80 Å². The van der Waals surface area contributed by atoms with E-state index in [2.05, 4.69) is 0 Å². The Hall–Kier alpha value is -0.480. The number of hydrogen-bond acceptors (Lipinski definition) is 12. The minimum atomic E-state index is -1.23. The SMILES string of the molecule is OC[C@H]1[C@@H](O)[C@H](O)[C@@H](O)CN1CCCCCOCC(COCCCCCN1C[C@H](O)[C@@H](O)[C@H](O)[C@@H]1CO)C12CC3CC(CC(C3)C1)C2. The van der Waals surface area contributed by atoms with E-state index in [1.165, 1.54) is 38.5 Å². The Morgan fingerprint density at radius 1 is 0.553 bits per heavy atom. The van der Waals surface area contributed by atoms with Gasteiger partial charge in [-0.1, -0.05) is 0 Å². The average molecular weight is 673 g/mol. The Morgan fingerprint density at radius 2 is 0.957 bits per heavy atom. The molecular weight excluding hydrogens is 608 g/mol. The summed E-state index contributed by atoms with van der Waals surface area (Å²) in [6.45, 7) is 4.06. The van der Waals surface area contributed by atoms with Crippen LogP contribution in [0.5, 0.6) is 0 Å². The van der Waals surface area contributed by atoms with Crippen LogP contribution >= 0.6 is 0 Å². The lowest BCUT2D eigenvalue weighted by Gasteiger charge is -2.59. The van der Waals surface area contributed by atoms with Gasteiger partial charge >= 0.3 is 0 Å². The summed E-state index contributed by atoms with van der Waals surface area (Å²) in [6, 6.07) is -1.12. The van der Waals surface area contributed by atoms with Gasteiger partial charge < -0.3 is 50.3 Å². The van der Waals surface area contributed by atoms with Gasteiger partial charge in [-0.2, -0.15) is 0 Å². The maximum atomic E-state index is 10.2. The van der Waals surface area contributed by atoms with Crippen molar-refractivity contribution in [3.63, 3.8) is 0 Å². The molecule has 0 aromatic rings. The first-order valence-corrected chi connectivity index (χ1v) is 18.6. The van der Waals surface area contributed by atoms with E-state index in [1.54, 1.807) is 0 Å². The fourth-order valence-electron chi connectivity index (χ4n) is 10.2. The molecule has 4 saturated carbocycles. The second-order valence-corrected chi connectivity index (χ2v) is 15.8. The molecule has 6 rings (SSSR count). The van der Waals surface area contributed by atoms with Crippen LogP contribution < -0.4 is 0 Å². The van der Waals surface area contributed by atoms with Crippen molar-refractivity contribution >= 4 is 0 Å². The third-order valence-electron chi connectivity index (χ3n) is 12.5. The van der Waals surface area contributed by atoms with Crippen LogP contribution in [0.15, 0.2) is 0 Å². The molecule has 2 heterocycles. The van der Waals surface area contributed by atoms with Crippen LogP contribution in [0.1, 0.15) is 77.0 Å². The lowest BCUT2D eigenvalue weighted by molar-refractivity contribution is -0.145. The Balaban J connectivity index is 1.01. The monoisotopic (exact) mass is 672 g/mol. The molecule has 8 atom stereocenters. The van der Waals surface area contributed by atoms with Crippen LogP contribution in [-0.4, -0.2) is 165 Å². The van der Waals surface area contributed by atoms with E-state index in [0.29, 0.717) is 37.6 Å². The predicted octanol–water partition coefficient (Wildman–Crippen LogP) is -0.289. The van der Waals surface area contributed by atoms with Gasteiger partial charge in [0.15, 0.2) is 0 Å². The molecule has 8 N–H and O–H groups in total. The van der Waals surface area contributed by atoms with Crippen LogP contribution in [-0.2, 0) is 9.47 Å². The highest BCUT2D eigenvalue weighted by atomic mass is 16.5. The zero-order valence-corrected chi connectivity index (χ0v) is 28.3. The van der Waals surface area contributed by atoms with Gasteiger partial charge in [0.2, 0.25) is 0 Å². The molecule has 4 bridgehead atoms. The Morgan fingerprint density at radius 3 is 1.34 bits per heavy atom. The summed E-state index contributed by atoms with van der Waals surface area (Å²) < 4.78 is 12.7.